The number of hydrogen-bond donors (Lipinski definition) is 1. The van der Waals surface area contributed by atoms with Crippen molar-refractivity contribution in [2.45, 2.75) is 45.1 Å². The molecule has 28 heavy (non-hydrogen) atoms. The summed E-state index contributed by atoms with van der Waals surface area (Å²) in [6.45, 7) is 13.1. The largest absolute Gasteiger partial charge is 0.448 e. The summed E-state index contributed by atoms with van der Waals surface area (Å²) in [7, 11) is 0. The lowest BCUT2D eigenvalue weighted by molar-refractivity contribution is -0.103. The molecule has 0 saturated carbocycles. The maximum absolute atomic E-state index is 11.9. The van der Waals surface area contributed by atoms with Crippen molar-refractivity contribution in [2.24, 2.45) is 4.99 Å². The molecular formula is C20H30N4O4. The first-order valence-corrected chi connectivity index (χ1v) is 9.67. The number of hydrogen-bond acceptors (Lipinski definition) is 6. The maximum atomic E-state index is 11.9. The Kier molecular flexibility index (Phi) is 7.80. The van der Waals surface area contributed by atoms with Crippen molar-refractivity contribution < 1.29 is 19.5 Å². The molecular weight excluding hydrogens is 360 g/mol. The molecule has 1 unspecified atom stereocenters. The van der Waals surface area contributed by atoms with Crippen LogP contribution in [0.1, 0.15) is 45.4 Å². The van der Waals surface area contributed by atoms with E-state index in [1.54, 1.807) is 25.1 Å². The highest BCUT2D eigenvalue weighted by atomic mass is 16.5. The SMILES string of the molecule is C=CCN(CC=C)c1cc(=NC(=O)OCC)n(O)c(C2(CC)CCCCO2)n1. The number of aromatic nitrogens is 2. The fourth-order valence-corrected chi connectivity index (χ4v) is 3.30. The lowest BCUT2D eigenvalue weighted by atomic mass is 9.90. The quantitative estimate of drug-likeness (QED) is 0.542. The van der Waals surface area contributed by atoms with E-state index in [0.717, 1.165) is 24.0 Å². The van der Waals surface area contributed by atoms with E-state index in [-0.39, 0.29) is 12.1 Å². The molecule has 8 nitrogen and oxygen atoms in total. The highest BCUT2D eigenvalue weighted by molar-refractivity contribution is 5.68. The third-order valence-corrected chi connectivity index (χ3v) is 4.72. The van der Waals surface area contributed by atoms with Crippen LogP contribution in [0.3, 0.4) is 0 Å². The molecule has 1 aromatic rings. The molecule has 154 valence electrons. The van der Waals surface area contributed by atoms with Gasteiger partial charge in [-0.2, -0.15) is 9.72 Å². The van der Waals surface area contributed by atoms with Crippen LogP contribution < -0.4 is 10.4 Å². The first kappa shape index (κ1) is 21.7. The van der Waals surface area contributed by atoms with E-state index < -0.39 is 11.7 Å². The number of carbonyl (C=O) groups is 1. The van der Waals surface area contributed by atoms with E-state index in [1.165, 1.54) is 0 Å². The van der Waals surface area contributed by atoms with Crippen LogP contribution in [0, 0.1) is 0 Å². The van der Waals surface area contributed by atoms with Crippen LogP contribution in [-0.4, -0.2) is 47.3 Å². The van der Waals surface area contributed by atoms with E-state index in [0.29, 0.717) is 37.8 Å². The van der Waals surface area contributed by atoms with Crippen molar-refractivity contribution in [1.29, 1.82) is 0 Å². The molecule has 1 atom stereocenters. The van der Waals surface area contributed by atoms with E-state index in [2.05, 4.69) is 18.2 Å². The molecule has 1 saturated heterocycles. The van der Waals surface area contributed by atoms with Crippen LogP contribution in [0.25, 0.3) is 0 Å². The molecule has 0 bridgehead atoms. The molecule has 0 aliphatic carbocycles. The minimum atomic E-state index is -0.775. The van der Waals surface area contributed by atoms with Gasteiger partial charge in [-0.3, -0.25) is 0 Å². The van der Waals surface area contributed by atoms with Gasteiger partial charge in [0.1, 0.15) is 11.4 Å². The molecule has 8 heteroatoms. The monoisotopic (exact) mass is 390 g/mol. The minimum absolute atomic E-state index is 0.0403. The Labute approximate surface area is 165 Å². The molecule has 1 fully saturated rings. The molecule has 1 aliphatic heterocycles. The van der Waals surface area contributed by atoms with Crippen LogP contribution in [0.4, 0.5) is 10.6 Å². The summed E-state index contributed by atoms with van der Waals surface area (Å²) in [6, 6.07) is 1.54. The Morgan fingerprint density at radius 2 is 2.14 bits per heavy atom. The zero-order valence-electron chi connectivity index (χ0n) is 16.8. The molecule has 0 aromatic carbocycles. The number of carbonyl (C=O) groups excluding carboxylic acids is 1. The smallest absolute Gasteiger partial charge is 0.435 e. The molecule has 1 N–H and O–H groups in total. The van der Waals surface area contributed by atoms with E-state index in [1.807, 2.05) is 11.8 Å². The fraction of sp³-hybridized carbons (Fsp3) is 0.550. The second-order valence-electron chi connectivity index (χ2n) is 6.55. The van der Waals surface area contributed by atoms with Gasteiger partial charge in [-0.25, -0.2) is 9.78 Å². The van der Waals surface area contributed by atoms with Gasteiger partial charge in [0, 0.05) is 25.8 Å². The fourth-order valence-electron chi connectivity index (χ4n) is 3.30. The molecule has 2 heterocycles. The van der Waals surface area contributed by atoms with Gasteiger partial charge in [-0.05, 0) is 32.6 Å². The van der Waals surface area contributed by atoms with Gasteiger partial charge in [0.2, 0.25) is 0 Å². The Hall–Kier alpha value is -2.61. The average molecular weight is 390 g/mol. The van der Waals surface area contributed by atoms with Gasteiger partial charge < -0.3 is 19.6 Å². The molecule has 1 aromatic heterocycles. The van der Waals surface area contributed by atoms with Gasteiger partial charge in [-0.1, -0.05) is 19.1 Å². The number of nitrogens with zero attached hydrogens (tertiary/aromatic N) is 4. The topological polar surface area (TPSA) is 89.2 Å². The molecule has 0 radical (unpaired) electrons. The molecule has 1 aliphatic rings. The summed E-state index contributed by atoms with van der Waals surface area (Å²) < 4.78 is 11.8. The van der Waals surface area contributed by atoms with Crippen LogP contribution >= 0.6 is 0 Å². The predicted molar refractivity (Wildman–Crippen MR) is 106 cm³/mol. The van der Waals surface area contributed by atoms with Crippen LogP contribution in [0.15, 0.2) is 36.4 Å². The first-order chi connectivity index (χ1) is 13.5. The van der Waals surface area contributed by atoms with Crippen molar-refractivity contribution >= 4 is 11.9 Å². The van der Waals surface area contributed by atoms with E-state index in [4.69, 9.17) is 14.5 Å². The first-order valence-electron chi connectivity index (χ1n) is 9.67. The second-order valence-corrected chi connectivity index (χ2v) is 6.55. The standard InChI is InChI=1S/C20H30N4O4/c1-5-12-23(13-6-2)16-15-17(22-19(25)27-8-4)24(26)18(21-16)20(7-3)11-9-10-14-28-20/h5-6,15,26H,1-2,7-14H2,3-4H3. The zero-order valence-corrected chi connectivity index (χ0v) is 16.8. The summed E-state index contributed by atoms with van der Waals surface area (Å²) in [4.78, 5) is 22.4. The third kappa shape index (κ3) is 4.81. The van der Waals surface area contributed by atoms with Crippen LogP contribution in [-0.2, 0) is 15.1 Å². The summed E-state index contributed by atoms with van der Waals surface area (Å²) in [5, 5.41) is 10.8. The van der Waals surface area contributed by atoms with Gasteiger partial charge in [0.25, 0.3) is 0 Å². The Morgan fingerprint density at radius 1 is 1.43 bits per heavy atom. The average Bonchev–Trinajstić information content (AvgIpc) is 2.70. The Morgan fingerprint density at radius 3 is 2.68 bits per heavy atom. The highest BCUT2D eigenvalue weighted by Crippen LogP contribution is 2.37. The number of ether oxygens (including phenoxy) is 2. The maximum Gasteiger partial charge on any atom is 0.435 e. The van der Waals surface area contributed by atoms with E-state index in [9.17, 15) is 10.0 Å². The van der Waals surface area contributed by atoms with Crippen molar-refractivity contribution in [3.63, 3.8) is 0 Å². The van der Waals surface area contributed by atoms with Gasteiger partial charge in [0.05, 0.1) is 6.61 Å². The minimum Gasteiger partial charge on any atom is -0.448 e. The zero-order chi connectivity index (χ0) is 20.6. The van der Waals surface area contributed by atoms with Crippen molar-refractivity contribution in [3.8, 4) is 0 Å². The van der Waals surface area contributed by atoms with Gasteiger partial charge in [-0.15, -0.1) is 13.2 Å². The highest BCUT2D eigenvalue weighted by Gasteiger charge is 2.38. The number of rotatable bonds is 8. The third-order valence-electron chi connectivity index (χ3n) is 4.72. The number of amides is 1. The molecule has 0 spiro atoms. The normalized spacial score (nSPS) is 19.9. The molecule has 1 amide bonds. The second kappa shape index (κ2) is 10.1. The summed E-state index contributed by atoms with van der Waals surface area (Å²) >= 11 is 0. The van der Waals surface area contributed by atoms with Gasteiger partial charge >= 0.3 is 6.09 Å². The predicted octanol–water partition coefficient (Wildman–Crippen LogP) is 3.16. The Balaban J connectivity index is 2.68. The Bertz CT molecular complexity index is 756. The van der Waals surface area contributed by atoms with Crippen molar-refractivity contribution in [3.05, 3.63) is 42.7 Å². The molecule has 2 rings (SSSR count). The summed E-state index contributed by atoms with van der Waals surface area (Å²) in [5.74, 6) is 0.874. The number of anilines is 1. The lowest BCUT2D eigenvalue weighted by Gasteiger charge is -2.36. The van der Waals surface area contributed by atoms with Crippen molar-refractivity contribution in [1.82, 2.24) is 9.71 Å². The summed E-state index contributed by atoms with van der Waals surface area (Å²) in [6.07, 6.45) is 6.01. The van der Waals surface area contributed by atoms with Gasteiger partial charge in [0.15, 0.2) is 11.3 Å². The van der Waals surface area contributed by atoms with Crippen molar-refractivity contribution in [2.75, 3.05) is 31.2 Å². The van der Waals surface area contributed by atoms with Crippen LogP contribution in [0.2, 0.25) is 0 Å². The summed E-state index contributed by atoms with van der Waals surface area (Å²) in [5.41, 5.74) is -0.700. The lowest BCUT2D eigenvalue weighted by Crippen LogP contribution is -2.41. The van der Waals surface area contributed by atoms with Crippen LogP contribution in [0.5, 0.6) is 0 Å². The van der Waals surface area contributed by atoms with E-state index >= 15 is 0 Å².